The predicted molar refractivity (Wildman–Crippen MR) is 87.9 cm³/mol. The molecule has 23 heavy (non-hydrogen) atoms. The van der Waals surface area contributed by atoms with Gasteiger partial charge in [-0.25, -0.2) is 4.39 Å². The van der Waals surface area contributed by atoms with Crippen LogP contribution in [0.2, 0.25) is 0 Å². The highest BCUT2D eigenvalue weighted by atomic mass is 19.1. The molecule has 0 aromatic heterocycles. The fourth-order valence-electron chi connectivity index (χ4n) is 3.58. The smallest absolute Gasteiger partial charge is 0.226 e. The van der Waals surface area contributed by atoms with Crippen molar-refractivity contribution in [1.82, 2.24) is 4.90 Å². The first kappa shape index (κ1) is 16.2. The summed E-state index contributed by atoms with van der Waals surface area (Å²) in [4.78, 5) is 16.7. The number of piperazine rings is 1. The highest BCUT2D eigenvalue weighted by Crippen LogP contribution is 2.30. The Hall–Kier alpha value is -1.62. The minimum absolute atomic E-state index is 0.0544. The second kappa shape index (κ2) is 6.48. The van der Waals surface area contributed by atoms with Crippen LogP contribution in [0.25, 0.3) is 0 Å². The third-order valence-corrected chi connectivity index (χ3v) is 4.83. The molecule has 3 rings (SSSR count). The second-order valence-corrected chi connectivity index (χ2v) is 7.06. The number of hydrogen-bond acceptors (Lipinski definition) is 3. The summed E-state index contributed by atoms with van der Waals surface area (Å²) in [5.74, 6) is 0.0896. The molecule has 1 aromatic carbocycles. The molecule has 5 heteroatoms. The summed E-state index contributed by atoms with van der Waals surface area (Å²) in [6.45, 7) is 7.41. The Kier molecular flexibility index (Phi) is 4.57. The predicted octanol–water partition coefficient (Wildman–Crippen LogP) is 2.68. The summed E-state index contributed by atoms with van der Waals surface area (Å²) in [6, 6.07) is 6.83. The van der Waals surface area contributed by atoms with Gasteiger partial charge in [0.1, 0.15) is 5.82 Å². The van der Waals surface area contributed by atoms with E-state index in [1.54, 1.807) is 12.1 Å². The van der Waals surface area contributed by atoms with E-state index in [1.807, 2.05) is 29.7 Å². The van der Waals surface area contributed by atoms with Crippen LogP contribution in [0.1, 0.15) is 26.7 Å². The highest BCUT2D eigenvalue weighted by molar-refractivity contribution is 5.79. The van der Waals surface area contributed by atoms with E-state index in [1.165, 1.54) is 6.07 Å². The van der Waals surface area contributed by atoms with Gasteiger partial charge in [-0.2, -0.15) is 0 Å². The number of rotatable bonds is 2. The van der Waals surface area contributed by atoms with E-state index in [9.17, 15) is 9.18 Å². The number of amides is 1. The van der Waals surface area contributed by atoms with Crippen molar-refractivity contribution in [3.05, 3.63) is 30.1 Å². The lowest BCUT2D eigenvalue weighted by atomic mass is 9.87. The maximum atomic E-state index is 13.9. The zero-order valence-electron chi connectivity index (χ0n) is 13.9. The topological polar surface area (TPSA) is 32.8 Å². The number of benzene rings is 1. The number of nitrogens with zero attached hydrogens (tertiary/aromatic N) is 2. The third-order valence-electron chi connectivity index (χ3n) is 4.83. The lowest BCUT2D eigenvalue weighted by Gasteiger charge is -2.40. The molecule has 1 aromatic rings. The standard InChI is InChI=1S/C18H25FN2O2/c1-18(2)13-14(7-12-23-18)17(22)21-10-8-20(9-11-21)16-6-4-3-5-15(16)19/h3-6,14H,7-13H2,1-2H3/t14-/m0/s1. The van der Waals surface area contributed by atoms with Crippen molar-refractivity contribution < 1.29 is 13.9 Å². The van der Waals surface area contributed by atoms with Gasteiger partial charge in [-0.15, -0.1) is 0 Å². The zero-order valence-corrected chi connectivity index (χ0v) is 13.9. The quantitative estimate of drug-likeness (QED) is 0.840. The minimum Gasteiger partial charge on any atom is -0.376 e. The van der Waals surface area contributed by atoms with Gasteiger partial charge in [0.2, 0.25) is 5.91 Å². The summed E-state index contributed by atoms with van der Waals surface area (Å²) in [7, 11) is 0. The van der Waals surface area contributed by atoms with E-state index in [4.69, 9.17) is 4.74 Å². The van der Waals surface area contributed by atoms with Gasteiger partial charge in [-0.3, -0.25) is 4.79 Å². The Morgan fingerprint density at radius 2 is 1.91 bits per heavy atom. The lowest BCUT2D eigenvalue weighted by molar-refractivity contribution is -0.145. The first-order valence-electron chi connectivity index (χ1n) is 8.38. The van der Waals surface area contributed by atoms with Crippen LogP contribution in [0.15, 0.2) is 24.3 Å². The number of ether oxygens (including phenoxy) is 1. The van der Waals surface area contributed by atoms with Crippen LogP contribution in [0.3, 0.4) is 0 Å². The van der Waals surface area contributed by atoms with E-state index < -0.39 is 0 Å². The van der Waals surface area contributed by atoms with E-state index in [-0.39, 0.29) is 23.2 Å². The molecule has 0 spiro atoms. The first-order chi connectivity index (χ1) is 11.0. The molecule has 126 valence electrons. The van der Waals surface area contributed by atoms with Crippen molar-refractivity contribution in [1.29, 1.82) is 0 Å². The van der Waals surface area contributed by atoms with Crippen LogP contribution in [0.4, 0.5) is 10.1 Å². The normalized spacial score (nSPS) is 24.6. The van der Waals surface area contributed by atoms with Crippen LogP contribution in [-0.2, 0) is 9.53 Å². The molecule has 0 bridgehead atoms. The van der Waals surface area contributed by atoms with Crippen LogP contribution in [0, 0.1) is 11.7 Å². The molecule has 0 unspecified atom stereocenters. The van der Waals surface area contributed by atoms with Gasteiger partial charge in [0.05, 0.1) is 11.3 Å². The van der Waals surface area contributed by atoms with Crippen LogP contribution in [0.5, 0.6) is 0 Å². The van der Waals surface area contributed by atoms with Crippen LogP contribution < -0.4 is 4.90 Å². The summed E-state index contributed by atoms with van der Waals surface area (Å²) in [5, 5.41) is 0. The van der Waals surface area contributed by atoms with Gasteiger partial charge in [-0.1, -0.05) is 12.1 Å². The van der Waals surface area contributed by atoms with Gasteiger partial charge in [0.25, 0.3) is 0 Å². The summed E-state index contributed by atoms with van der Waals surface area (Å²) < 4.78 is 19.6. The maximum Gasteiger partial charge on any atom is 0.226 e. The highest BCUT2D eigenvalue weighted by Gasteiger charge is 2.35. The number of carbonyl (C=O) groups excluding carboxylic acids is 1. The van der Waals surface area contributed by atoms with E-state index in [0.29, 0.717) is 38.5 Å². The molecular formula is C18H25FN2O2. The average Bonchev–Trinajstić information content (AvgIpc) is 2.54. The van der Waals surface area contributed by atoms with Crippen LogP contribution in [-0.4, -0.2) is 49.2 Å². The fourth-order valence-corrected chi connectivity index (χ4v) is 3.58. The Labute approximate surface area is 137 Å². The summed E-state index contributed by atoms with van der Waals surface area (Å²) in [5.41, 5.74) is 0.417. The number of anilines is 1. The van der Waals surface area contributed by atoms with Gasteiger partial charge in [-0.05, 0) is 38.8 Å². The van der Waals surface area contributed by atoms with Crippen molar-refractivity contribution in [2.24, 2.45) is 5.92 Å². The number of halogens is 1. The van der Waals surface area contributed by atoms with Crippen molar-refractivity contribution in [3.63, 3.8) is 0 Å². The van der Waals surface area contributed by atoms with E-state index in [0.717, 1.165) is 12.8 Å². The van der Waals surface area contributed by atoms with Gasteiger partial charge >= 0.3 is 0 Å². The molecule has 0 aliphatic carbocycles. The van der Waals surface area contributed by atoms with Crippen molar-refractivity contribution in [2.75, 3.05) is 37.7 Å². The van der Waals surface area contributed by atoms with E-state index >= 15 is 0 Å². The molecule has 2 saturated heterocycles. The Morgan fingerprint density at radius 1 is 1.22 bits per heavy atom. The average molecular weight is 320 g/mol. The molecule has 0 radical (unpaired) electrons. The fraction of sp³-hybridized carbons (Fsp3) is 0.611. The first-order valence-corrected chi connectivity index (χ1v) is 8.38. The summed E-state index contributed by atoms with van der Waals surface area (Å²) >= 11 is 0. The molecule has 0 N–H and O–H groups in total. The Bertz CT molecular complexity index is 568. The van der Waals surface area contributed by atoms with Crippen molar-refractivity contribution in [2.45, 2.75) is 32.3 Å². The maximum absolute atomic E-state index is 13.9. The number of carbonyl (C=O) groups is 1. The Balaban J connectivity index is 1.58. The molecular weight excluding hydrogens is 295 g/mol. The third kappa shape index (κ3) is 3.66. The molecule has 1 atom stereocenters. The molecule has 2 aliphatic rings. The minimum atomic E-state index is -0.215. The Morgan fingerprint density at radius 3 is 2.57 bits per heavy atom. The largest absolute Gasteiger partial charge is 0.376 e. The second-order valence-electron chi connectivity index (χ2n) is 7.06. The molecule has 2 fully saturated rings. The molecule has 2 aliphatic heterocycles. The molecule has 2 heterocycles. The van der Waals surface area contributed by atoms with Crippen molar-refractivity contribution in [3.8, 4) is 0 Å². The van der Waals surface area contributed by atoms with Crippen molar-refractivity contribution >= 4 is 11.6 Å². The molecule has 0 saturated carbocycles. The van der Waals surface area contributed by atoms with Crippen LogP contribution >= 0.6 is 0 Å². The molecule has 1 amide bonds. The number of hydrogen-bond donors (Lipinski definition) is 0. The lowest BCUT2D eigenvalue weighted by Crippen LogP contribution is -2.52. The zero-order chi connectivity index (χ0) is 16.4. The molecule has 4 nitrogen and oxygen atoms in total. The summed E-state index contributed by atoms with van der Waals surface area (Å²) in [6.07, 6.45) is 1.58. The van der Waals surface area contributed by atoms with Gasteiger partial charge in [0, 0.05) is 38.7 Å². The SMILES string of the molecule is CC1(C)C[C@@H](C(=O)N2CCN(c3ccccc3F)CC2)CCO1. The van der Waals surface area contributed by atoms with Gasteiger partial charge in [0.15, 0.2) is 0 Å². The van der Waals surface area contributed by atoms with E-state index in [2.05, 4.69) is 0 Å². The van der Waals surface area contributed by atoms with Gasteiger partial charge < -0.3 is 14.5 Å². The number of para-hydroxylation sites is 1. The monoisotopic (exact) mass is 320 g/mol.